The Balaban J connectivity index is 1.75. The molecule has 1 amide bonds. The number of imidazole rings is 1. The van der Waals surface area contributed by atoms with Crippen LogP contribution in [-0.2, 0) is 6.54 Å². The van der Waals surface area contributed by atoms with Gasteiger partial charge in [-0.05, 0) is 24.6 Å². The zero-order chi connectivity index (χ0) is 12.8. The molecule has 0 saturated heterocycles. The molecule has 2 rings (SSSR count). The minimum absolute atomic E-state index is 0.0588. The molecule has 0 aliphatic rings. The molecule has 0 aliphatic carbocycles. The minimum Gasteiger partial charge on any atom is -0.352 e. The van der Waals surface area contributed by atoms with Gasteiger partial charge in [-0.25, -0.2) is 4.98 Å². The molecule has 0 atom stereocenters. The average molecular weight is 261 g/mol. The topological polar surface area (TPSA) is 46.9 Å². The second-order valence-corrected chi connectivity index (χ2v) is 4.48. The molecule has 0 bridgehead atoms. The molecule has 1 heterocycles. The summed E-state index contributed by atoms with van der Waals surface area (Å²) in [6.45, 7) is 1.50. The quantitative estimate of drug-likeness (QED) is 0.639. The van der Waals surface area contributed by atoms with Crippen LogP contribution in [0.4, 0.5) is 0 Å². The van der Waals surface area contributed by atoms with E-state index in [4.69, 9.17) is 0 Å². The van der Waals surface area contributed by atoms with E-state index in [9.17, 15) is 4.79 Å². The molecule has 0 radical (unpaired) electrons. The van der Waals surface area contributed by atoms with Gasteiger partial charge in [0, 0.05) is 35.9 Å². The third-order valence-corrected chi connectivity index (χ3v) is 2.82. The van der Waals surface area contributed by atoms with Crippen molar-refractivity contribution in [1.82, 2.24) is 14.9 Å². The van der Waals surface area contributed by atoms with Gasteiger partial charge in [-0.15, -0.1) is 12.6 Å². The predicted molar refractivity (Wildman–Crippen MR) is 72.9 cm³/mol. The number of nitrogens with one attached hydrogen (secondary N) is 1. The zero-order valence-corrected chi connectivity index (χ0v) is 10.8. The summed E-state index contributed by atoms with van der Waals surface area (Å²) in [7, 11) is 0. The Morgan fingerprint density at radius 2 is 2.33 bits per heavy atom. The van der Waals surface area contributed by atoms with E-state index in [2.05, 4.69) is 22.9 Å². The number of thiol groups is 1. The number of carbonyl (C=O) groups is 1. The van der Waals surface area contributed by atoms with Gasteiger partial charge in [0.15, 0.2) is 0 Å². The van der Waals surface area contributed by atoms with Crippen molar-refractivity contribution in [3.8, 4) is 0 Å². The first-order valence-electron chi connectivity index (χ1n) is 5.79. The standard InChI is InChI=1S/C13H15N3OS/c17-13(11-3-1-4-12(18)9-11)15-5-2-7-16-8-6-14-10-16/h1,3-4,6,8-10,18H,2,5,7H2,(H,15,17). The van der Waals surface area contributed by atoms with Gasteiger partial charge in [-0.2, -0.15) is 0 Å². The fourth-order valence-corrected chi connectivity index (χ4v) is 1.86. The van der Waals surface area contributed by atoms with E-state index >= 15 is 0 Å². The Hall–Kier alpha value is -1.75. The molecule has 1 aromatic carbocycles. The van der Waals surface area contributed by atoms with Crippen molar-refractivity contribution in [2.24, 2.45) is 0 Å². The summed E-state index contributed by atoms with van der Waals surface area (Å²) in [5, 5.41) is 2.88. The molecule has 4 nitrogen and oxygen atoms in total. The maximum atomic E-state index is 11.8. The van der Waals surface area contributed by atoms with Crippen molar-refractivity contribution < 1.29 is 4.79 Å². The maximum Gasteiger partial charge on any atom is 0.251 e. The summed E-state index contributed by atoms with van der Waals surface area (Å²) in [6.07, 6.45) is 6.30. The van der Waals surface area contributed by atoms with Crippen LogP contribution >= 0.6 is 12.6 Å². The number of rotatable bonds is 5. The second kappa shape index (κ2) is 6.26. The Morgan fingerprint density at radius 3 is 3.06 bits per heavy atom. The van der Waals surface area contributed by atoms with Crippen molar-refractivity contribution in [2.75, 3.05) is 6.54 Å². The Bertz CT molecular complexity index is 511. The van der Waals surface area contributed by atoms with Gasteiger partial charge in [0.1, 0.15) is 0 Å². The van der Waals surface area contributed by atoms with Crippen LogP contribution in [0.5, 0.6) is 0 Å². The highest BCUT2D eigenvalue weighted by Crippen LogP contribution is 2.08. The molecule has 5 heteroatoms. The van der Waals surface area contributed by atoms with E-state index in [-0.39, 0.29) is 5.91 Å². The normalized spacial score (nSPS) is 10.3. The molecule has 1 N–H and O–H groups in total. The van der Waals surface area contributed by atoms with Gasteiger partial charge in [0.25, 0.3) is 5.91 Å². The summed E-state index contributed by atoms with van der Waals surface area (Å²) in [6, 6.07) is 7.21. The summed E-state index contributed by atoms with van der Waals surface area (Å²) >= 11 is 4.21. The van der Waals surface area contributed by atoms with E-state index in [1.54, 1.807) is 24.7 Å². The molecule has 2 aromatic rings. The lowest BCUT2D eigenvalue weighted by Crippen LogP contribution is -2.25. The molecule has 0 fully saturated rings. The highest BCUT2D eigenvalue weighted by molar-refractivity contribution is 7.80. The van der Waals surface area contributed by atoms with Gasteiger partial charge in [-0.1, -0.05) is 6.07 Å². The highest BCUT2D eigenvalue weighted by atomic mass is 32.1. The molecule has 0 spiro atoms. The Kier molecular flexibility index (Phi) is 4.41. The SMILES string of the molecule is O=C(NCCCn1ccnc1)c1cccc(S)c1. The lowest BCUT2D eigenvalue weighted by atomic mass is 10.2. The number of hydrogen-bond acceptors (Lipinski definition) is 3. The van der Waals surface area contributed by atoms with Crippen molar-refractivity contribution in [1.29, 1.82) is 0 Å². The number of hydrogen-bond donors (Lipinski definition) is 2. The zero-order valence-electron chi connectivity index (χ0n) is 9.91. The van der Waals surface area contributed by atoms with E-state index < -0.39 is 0 Å². The van der Waals surface area contributed by atoms with Crippen molar-refractivity contribution >= 4 is 18.5 Å². The van der Waals surface area contributed by atoms with Crippen LogP contribution in [0, 0.1) is 0 Å². The Morgan fingerprint density at radius 1 is 1.44 bits per heavy atom. The smallest absolute Gasteiger partial charge is 0.251 e. The minimum atomic E-state index is -0.0588. The summed E-state index contributed by atoms with van der Waals surface area (Å²) < 4.78 is 1.99. The monoisotopic (exact) mass is 261 g/mol. The molecular weight excluding hydrogens is 246 g/mol. The molecule has 1 aromatic heterocycles. The number of benzene rings is 1. The fourth-order valence-electron chi connectivity index (χ4n) is 1.63. The molecule has 18 heavy (non-hydrogen) atoms. The summed E-state index contributed by atoms with van der Waals surface area (Å²) in [5.74, 6) is -0.0588. The maximum absolute atomic E-state index is 11.8. The molecule has 0 aliphatic heterocycles. The first-order chi connectivity index (χ1) is 8.75. The van der Waals surface area contributed by atoms with Crippen LogP contribution in [-0.4, -0.2) is 22.0 Å². The van der Waals surface area contributed by atoms with Gasteiger partial charge < -0.3 is 9.88 Å². The van der Waals surface area contributed by atoms with E-state index in [1.165, 1.54) is 0 Å². The predicted octanol–water partition coefficient (Wildman–Crippen LogP) is 1.99. The first-order valence-corrected chi connectivity index (χ1v) is 6.23. The molecule has 94 valence electrons. The molecule has 0 saturated carbocycles. The van der Waals surface area contributed by atoms with E-state index in [1.807, 2.05) is 22.9 Å². The van der Waals surface area contributed by atoms with Crippen LogP contribution in [0.2, 0.25) is 0 Å². The van der Waals surface area contributed by atoms with Gasteiger partial charge >= 0.3 is 0 Å². The highest BCUT2D eigenvalue weighted by Gasteiger charge is 2.04. The Labute approximate surface area is 111 Å². The number of aryl methyl sites for hydroxylation is 1. The second-order valence-electron chi connectivity index (χ2n) is 3.96. The van der Waals surface area contributed by atoms with Crippen LogP contribution in [0.3, 0.4) is 0 Å². The largest absolute Gasteiger partial charge is 0.352 e. The third-order valence-electron chi connectivity index (χ3n) is 2.55. The van der Waals surface area contributed by atoms with Crippen LogP contribution in [0.1, 0.15) is 16.8 Å². The van der Waals surface area contributed by atoms with E-state index in [0.29, 0.717) is 12.1 Å². The number of aromatic nitrogens is 2. The van der Waals surface area contributed by atoms with E-state index in [0.717, 1.165) is 17.9 Å². The summed E-state index contributed by atoms with van der Waals surface area (Å²) in [4.78, 5) is 16.5. The summed E-state index contributed by atoms with van der Waals surface area (Å²) in [5.41, 5.74) is 0.644. The number of amides is 1. The first kappa shape index (κ1) is 12.7. The lowest BCUT2D eigenvalue weighted by Gasteiger charge is -2.06. The number of carbonyl (C=O) groups excluding carboxylic acids is 1. The molecule has 0 unspecified atom stereocenters. The van der Waals surface area contributed by atoms with Gasteiger partial charge in [0.2, 0.25) is 0 Å². The van der Waals surface area contributed by atoms with Crippen LogP contribution < -0.4 is 5.32 Å². The van der Waals surface area contributed by atoms with Crippen molar-refractivity contribution in [2.45, 2.75) is 17.9 Å². The van der Waals surface area contributed by atoms with Gasteiger partial charge in [-0.3, -0.25) is 4.79 Å². The average Bonchev–Trinajstić information content (AvgIpc) is 2.87. The third kappa shape index (κ3) is 3.63. The van der Waals surface area contributed by atoms with Crippen molar-refractivity contribution in [3.63, 3.8) is 0 Å². The molecular formula is C13H15N3OS. The van der Waals surface area contributed by atoms with Crippen LogP contribution in [0.15, 0.2) is 47.9 Å². The fraction of sp³-hybridized carbons (Fsp3) is 0.231. The van der Waals surface area contributed by atoms with Crippen LogP contribution in [0.25, 0.3) is 0 Å². The lowest BCUT2D eigenvalue weighted by molar-refractivity contribution is 0.0952. The van der Waals surface area contributed by atoms with Crippen molar-refractivity contribution in [3.05, 3.63) is 48.5 Å². The number of nitrogens with zero attached hydrogens (tertiary/aromatic N) is 2. The van der Waals surface area contributed by atoms with Gasteiger partial charge in [0.05, 0.1) is 6.33 Å².